The van der Waals surface area contributed by atoms with Crippen molar-refractivity contribution in [3.05, 3.63) is 62.7 Å². The zero-order valence-corrected chi connectivity index (χ0v) is 16.9. The van der Waals surface area contributed by atoms with Crippen molar-refractivity contribution in [2.75, 3.05) is 18.1 Å². The zero-order chi connectivity index (χ0) is 24.6. The van der Waals surface area contributed by atoms with E-state index in [-0.39, 0.29) is 16.5 Å². The predicted octanol–water partition coefficient (Wildman–Crippen LogP) is 5.31. The van der Waals surface area contributed by atoms with Gasteiger partial charge in [0.05, 0.1) is 33.7 Å². The number of nitro benzene ring substituents is 1. The molecule has 0 aliphatic carbocycles. The molecule has 0 aromatic heterocycles. The van der Waals surface area contributed by atoms with Gasteiger partial charge in [0.15, 0.2) is 0 Å². The number of anilines is 1. The van der Waals surface area contributed by atoms with Crippen LogP contribution in [0.4, 0.5) is 37.7 Å². The Morgan fingerprint density at radius 1 is 1.21 bits per heavy atom. The normalized spacial score (nSPS) is 18.8. The Balaban J connectivity index is 1.83. The Kier molecular flexibility index (Phi) is 6.62. The average molecular weight is 496 g/mol. The highest BCUT2D eigenvalue weighted by molar-refractivity contribution is 6.32. The third-order valence-electron chi connectivity index (χ3n) is 4.60. The van der Waals surface area contributed by atoms with Crippen LogP contribution in [0.15, 0.2) is 36.4 Å². The van der Waals surface area contributed by atoms with Crippen molar-refractivity contribution in [3.63, 3.8) is 0 Å². The third kappa shape index (κ3) is 5.40. The first kappa shape index (κ1) is 24.4. The minimum atomic E-state index is -4.95. The van der Waals surface area contributed by atoms with Crippen LogP contribution in [0.3, 0.4) is 0 Å². The largest absolute Gasteiger partial charge is 0.489 e. The number of nitrogens with zero attached hydrogens (tertiary/aromatic N) is 3. The van der Waals surface area contributed by atoms with E-state index in [1.807, 2.05) is 0 Å². The minimum Gasteiger partial charge on any atom is -0.489 e. The fourth-order valence-electron chi connectivity index (χ4n) is 3.15. The van der Waals surface area contributed by atoms with E-state index < -0.39 is 59.6 Å². The maximum atomic E-state index is 13.5. The quantitative estimate of drug-likeness (QED) is 0.317. The second kappa shape index (κ2) is 8.95. The Morgan fingerprint density at radius 2 is 1.91 bits per heavy atom. The van der Waals surface area contributed by atoms with Gasteiger partial charge in [-0.05, 0) is 24.3 Å². The summed E-state index contributed by atoms with van der Waals surface area (Å²) in [5.74, 6) is -0.0504. The molecule has 0 saturated carbocycles. The first-order chi connectivity index (χ1) is 15.3. The number of hydrogen-bond donors (Lipinski definition) is 0. The van der Waals surface area contributed by atoms with Crippen LogP contribution < -0.4 is 9.64 Å². The van der Waals surface area contributed by atoms with E-state index >= 15 is 0 Å². The predicted molar refractivity (Wildman–Crippen MR) is 102 cm³/mol. The monoisotopic (exact) mass is 495 g/mol. The Bertz CT molecular complexity index is 1100. The van der Waals surface area contributed by atoms with Gasteiger partial charge in [-0.3, -0.25) is 10.1 Å². The molecule has 2 atom stereocenters. The zero-order valence-electron chi connectivity index (χ0n) is 16.2. The SMILES string of the molecule is N#Cc1ccc(N2CC(COc3ccc([N+](=O)[O-])cc3Cl)OC2C(F)(F)F)cc1C(F)(F)F. The maximum Gasteiger partial charge on any atom is 0.433 e. The lowest BCUT2D eigenvalue weighted by molar-refractivity contribution is -0.384. The van der Waals surface area contributed by atoms with Crippen LogP contribution in [0.25, 0.3) is 0 Å². The minimum absolute atomic E-state index is 0.0504. The number of rotatable bonds is 5. The molecule has 3 rings (SSSR count). The highest BCUT2D eigenvalue weighted by Gasteiger charge is 2.51. The standard InChI is InChI=1S/C19H12ClF6N3O4/c20-15-6-12(29(30)31)3-4-16(15)32-9-13-8-28(17(33-13)19(24,25)26)11-2-1-10(7-27)14(5-11)18(21,22)23/h1-6,13,17H,8-9H2. The van der Waals surface area contributed by atoms with E-state index in [9.17, 15) is 36.5 Å². The van der Waals surface area contributed by atoms with Gasteiger partial charge in [-0.15, -0.1) is 0 Å². The summed E-state index contributed by atoms with van der Waals surface area (Å²) in [6.07, 6.45) is -13.7. The third-order valence-corrected chi connectivity index (χ3v) is 4.89. The molecule has 0 radical (unpaired) electrons. The fourth-order valence-corrected chi connectivity index (χ4v) is 3.38. The lowest BCUT2D eigenvalue weighted by Crippen LogP contribution is -2.42. The van der Waals surface area contributed by atoms with Gasteiger partial charge in [-0.25, -0.2) is 0 Å². The van der Waals surface area contributed by atoms with Gasteiger partial charge in [0.1, 0.15) is 18.5 Å². The van der Waals surface area contributed by atoms with E-state index in [1.165, 1.54) is 6.07 Å². The Labute approximate surface area is 186 Å². The number of nitriles is 1. The summed E-state index contributed by atoms with van der Waals surface area (Å²) in [6, 6.07) is 6.79. The van der Waals surface area contributed by atoms with Crippen molar-refractivity contribution in [2.24, 2.45) is 0 Å². The molecule has 176 valence electrons. The van der Waals surface area contributed by atoms with Crippen LogP contribution in [0.2, 0.25) is 5.02 Å². The summed E-state index contributed by atoms with van der Waals surface area (Å²) >= 11 is 5.88. The number of hydrogen-bond acceptors (Lipinski definition) is 6. The van der Waals surface area contributed by atoms with E-state index in [2.05, 4.69) is 0 Å². The first-order valence-electron chi connectivity index (χ1n) is 8.98. The summed E-state index contributed by atoms with van der Waals surface area (Å²) in [5.41, 5.74) is -2.88. The highest BCUT2D eigenvalue weighted by Crippen LogP contribution is 2.39. The van der Waals surface area contributed by atoms with Gasteiger partial charge < -0.3 is 14.4 Å². The molecule has 2 unspecified atom stereocenters. The average Bonchev–Trinajstić information content (AvgIpc) is 3.16. The molecular formula is C19H12ClF6N3O4. The van der Waals surface area contributed by atoms with Crippen molar-refractivity contribution in [2.45, 2.75) is 24.7 Å². The molecule has 33 heavy (non-hydrogen) atoms. The van der Waals surface area contributed by atoms with E-state index in [0.717, 1.165) is 30.3 Å². The Morgan fingerprint density at radius 3 is 2.45 bits per heavy atom. The summed E-state index contributed by atoms with van der Waals surface area (Å²) < 4.78 is 90.6. The van der Waals surface area contributed by atoms with Gasteiger partial charge in [-0.2, -0.15) is 31.6 Å². The molecule has 1 aliphatic heterocycles. The fraction of sp³-hybridized carbons (Fsp3) is 0.316. The molecule has 7 nitrogen and oxygen atoms in total. The molecular weight excluding hydrogens is 484 g/mol. The van der Waals surface area contributed by atoms with Gasteiger partial charge in [-0.1, -0.05) is 11.6 Å². The molecule has 1 heterocycles. The summed E-state index contributed by atoms with van der Waals surface area (Å²) in [7, 11) is 0. The summed E-state index contributed by atoms with van der Waals surface area (Å²) in [4.78, 5) is 10.6. The van der Waals surface area contributed by atoms with Gasteiger partial charge in [0.2, 0.25) is 6.23 Å². The second-order valence-corrected chi connectivity index (χ2v) is 7.23. The first-order valence-corrected chi connectivity index (χ1v) is 9.36. The smallest absolute Gasteiger partial charge is 0.433 e. The molecule has 1 fully saturated rings. The van der Waals surface area contributed by atoms with Crippen LogP contribution >= 0.6 is 11.6 Å². The number of nitro groups is 1. The van der Waals surface area contributed by atoms with Crippen molar-refractivity contribution >= 4 is 23.0 Å². The number of alkyl halides is 6. The molecule has 2 aromatic rings. The van der Waals surface area contributed by atoms with Crippen molar-refractivity contribution < 1.29 is 40.7 Å². The van der Waals surface area contributed by atoms with Crippen LogP contribution in [-0.4, -0.2) is 36.6 Å². The molecule has 2 aromatic carbocycles. The van der Waals surface area contributed by atoms with E-state index in [4.69, 9.17) is 26.3 Å². The molecule has 1 saturated heterocycles. The number of benzene rings is 2. The van der Waals surface area contributed by atoms with Crippen LogP contribution in [-0.2, 0) is 10.9 Å². The second-order valence-electron chi connectivity index (χ2n) is 6.83. The van der Waals surface area contributed by atoms with Crippen molar-refractivity contribution in [1.29, 1.82) is 5.26 Å². The number of ether oxygens (including phenoxy) is 2. The topological polar surface area (TPSA) is 88.6 Å². The lowest BCUT2D eigenvalue weighted by atomic mass is 10.1. The van der Waals surface area contributed by atoms with E-state index in [1.54, 1.807) is 0 Å². The van der Waals surface area contributed by atoms with Gasteiger partial charge in [0.25, 0.3) is 5.69 Å². The van der Waals surface area contributed by atoms with E-state index in [0.29, 0.717) is 11.0 Å². The Hall–Kier alpha value is -3.24. The molecule has 0 amide bonds. The van der Waals surface area contributed by atoms with Crippen molar-refractivity contribution in [3.8, 4) is 11.8 Å². The molecule has 0 bridgehead atoms. The van der Waals surface area contributed by atoms with Crippen LogP contribution in [0.5, 0.6) is 5.75 Å². The van der Waals surface area contributed by atoms with Crippen LogP contribution in [0, 0.1) is 21.4 Å². The maximum absolute atomic E-state index is 13.5. The number of non-ortho nitro benzene ring substituents is 1. The summed E-state index contributed by atoms with van der Waals surface area (Å²) in [5, 5.41) is 19.5. The summed E-state index contributed by atoms with van der Waals surface area (Å²) in [6.45, 7) is -0.957. The molecule has 0 spiro atoms. The molecule has 14 heteroatoms. The van der Waals surface area contributed by atoms with Crippen LogP contribution in [0.1, 0.15) is 11.1 Å². The van der Waals surface area contributed by atoms with Crippen molar-refractivity contribution in [1.82, 2.24) is 0 Å². The highest BCUT2D eigenvalue weighted by atomic mass is 35.5. The number of halogens is 7. The lowest BCUT2D eigenvalue weighted by Gasteiger charge is -2.27. The molecule has 0 N–H and O–H groups in total. The van der Waals surface area contributed by atoms with Gasteiger partial charge >= 0.3 is 12.4 Å². The molecule has 1 aliphatic rings. The van der Waals surface area contributed by atoms with Gasteiger partial charge in [0, 0.05) is 17.8 Å².